The zero-order valence-corrected chi connectivity index (χ0v) is 9.14. The van der Waals surface area contributed by atoms with Crippen molar-refractivity contribution in [3.63, 3.8) is 0 Å². The Balaban J connectivity index is 2.17. The van der Waals surface area contributed by atoms with Crippen molar-refractivity contribution >= 4 is 21.2 Å². The second kappa shape index (κ2) is 3.60. The molecule has 1 saturated heterocycles. The predicted octanol–water partition coefficient (Wildman–Crippen LogP) is 0.538. The fraction of sp³-hybridized carbons (Fsp3) is 0.625. The van der Waals surface area contributed by atoms with Crippen LogP contribution < -0.4 is 0 Å². The molecule has 1 fully saturated rings. The van der Waals surface area contributed by atoms with Crippen LogP contribution >= 0.6 is 11.3 Å². The Kier molecular flexibility index (Phi) is 2.59. The summed E-state index contributed by atoms with van der Waals surface area (Å²) >= 11 is 1.41. The standard InChI is InChI=1S/C8H11NO3S2/c10-4-7-3-9-8(13-7)6-1-2-14(11,12)5-6/h3,6,10H,1-2,4-5H2. The molecule has 0 saturated carbocycles. The third-order valence-corrected chi connectivity index (χ3v) is 5.22. The number of nitrogens with zero attached hydrogens (tertiary/aromatic N) is 1. The number of thiazole rings is 1. The largest absolute Gasteiger partial charge is 0.391 e. The molecule has 0 spiro atoms. The van der Waals surface area contributed by atoms with Gasteiger partial charge in [0, 0.05) is 12.1 Å². The molecule has 2 rings (SSSR count). The van der Waals surface area contributed by atoms with E-state index in [2.05, 4.69) is 4.98 Å². The molecule has 0 aliphatic carbocycles. The molecule has 1 aliphatic rings. The Bertz CT molecular complexity index is 424. The van der Waals surface area contributed by atoms with E-state index in [0.717, 1.165) is 9.88 Å². The van der Waals surface area contributed by atoms with Crippen molar-refractivity contribution in [2.75, 3.05) is 11.5 Å². The van der Waals surface area contributed by atoms with E-state index < -0.39 is 9.84 Å². The summed E-state index contributed by atoms with van der Waals surface area (Å²) in [5.41, 5.74) is 0. The summed E-state index contributed by atoms with van der Waals surface area (Å²) in [5, 5.41) is 9.69. The predicted molar refractivity (Wildman–Crippen MR) is 54.0 cm³/mol. The number of aliphatic hydroxyl groups excluding tert-OH is 1. The molecule has 1 N–H and O–H groups in total. The highest BCUT2D eigenvalue weighted by molar-refractivity contribution is 7.91. The summed E-state index contributed by atoms with van der Waals surface area (Å²) in [5.74, 6) is 0.530. The SMILES string of the molecule is O=S1(=O)CCC(c2ncc(CO)s2)C1. The molecule has 1 aromatic rings. The van der Waals surface area contributed by atoms with Crippen LogP contribution in [0.2, 0.25) is 0 Å². The molecule has 6 heteroatoms. The van der Waals surface area contributed by atoms with Crippen molar-refractivity contribution in [3.8, 4) is 0 Å². The van der Waals surface area contributed by atoms with E-state index in [1.165, 1.54) is 11.3 Å². The van der Waals surface area contributed by atoms with E-state index in [4.69, 9.17) is 5.11 Å². The van der Waals surface area contributed by atoms with Crippen molar-refractivity contribution in [1.29, 1.82) is 0 Å². The summed E-state index contributed by atoms with van der Waals surface area (Å²) in [7, 11) is -2.84. The average molecular weight is 233 g/mol. The fourth-order valence-electron chi connectivity index (χ4n) is 1.57. The van der Waals surface area contributed by atoms with Gasteiger partial charge in [0.1, 0.15) is 0 Å². The summed E-state index contributed by atoms with van der Waals surface area (Å²) in [6, 6.07) is 0. The highest BCUT2D eigenvalue weighted by atomic mass is 32.2. The van der Waals surface area contributed by atoms with E-state index in [0.29, 0.717) is 6.42 Å². The summed E-state index contributed by atoms with van der Waals surface area (Å²) < 4.78 is 22.4. The van der Waals surface area contributed by atoms with Crippen LogP contribution in [0.3, 0.4) is 0 Å². The Morgan fingerprint density at radius 1 is 1.64 bits per heavy atom. The normalized spacial score (nSPS) is 25.4. The lowest BCUT2D eigenvalue weighted by Gasteiger charge is -2.00. The van der Waals surface area contributed by atoms with Crippen LogP contribution in [-0.4, -0.2) is 30.0 Å². The van der Waals surface area contributed by atoms with E-state index in [-0.39, 0.29) is 24.0 Å². The van der Waals surface area contributed by atoms with Gasteiger partial charge in [-0.05, 0) is 6.42 Å². The molecule has 14 heavy (non-hydrogen) atoms. The van der Waals surface area contributed by atoms with Gasteiger partial charge in [0.25, 0.3) is 0 Å². The first-order valence-electron chi connectivity index (χ1n) is 4.36. The first-order valence-corrected chi connectivity index (χ1v) is 7.00. The Morgan fingerprint density at radius 3 is 2.93 bits per heavy atom. The first-order chi connectivity index (χ1) is 6.61. The maximum absolute atomic E-state index is 11.2. The number of hydrogen-bond donors (Lipinski definition) is 1. The number of aromatic nitrogens is 1. The molecule has 0 aromatic carbocycles. The van der Waals surface area contributed by atoms with E-state index in [1.54, 1.807) is 6.20 Å². The molecule has 1 atom stereocenters. The fourth-order valence-corrected chi connectivity index (χ4v) is 4.34. The number of sulfone groups is 1. The first kappa shape index (κ1) is 10.1. The second-order valence-electron chi connectivity index (χ2n) is 3.42. The van der Waals surface area contributed by atoms with Crippen LogP contribution in [0.4, 0.5) is 0 Å². The van der Waals surface area contributed by atoms with Crippen molar-refractivity contribution in [2.24, 2.45) is 0 Å². The van der Waals surface area contributed by atoms with Crippen LogP contribution in [0.5, 0.6) is 0 Å². The third kappa shape index (κ3) is 1.97. The van der Waals surface area contributed by atoms with Crippen molar-refractivity contribution in [3.05, 3.63) is 16.1 Å². The summed E-state index contributed by atoms with van der Waals surface area (Å²) in [6.45, 7) is -0.0167. The maximum Gasteiger partial charge on any atom is 0.151 e. The van der Waals surface area contributed by atoms with Gasteiger partial charge in [-0.3, -0.25) is 0 Å². The van der Waals surface area contributed by atoms with Gasteiger partial charge in [0.15, 0.2) is 9.84 Å². The molecule has 2 heterocycles. The molecule has 0 bridgehead atoms. The van der Waals surface area contributed by atoms with Crippen LogP contribution in [-0.2, 0) is 16.4 Å². The highest BCUT2D eigenvalue weighted by Gasteiger charge is 2.30. The smallest absolute Gasteiger partial charge is 0.151 e. The van der Waals surface area contributed by atoms with Crippen LogP contribution in [0, 0.1) is 0 Å². The molecular formula is C8H11NO3S2. The number of aliphatic hydroxyl groups is 1. The van der Waals surface area contributed by atoms with Gasteiger partial charge in [-0.25, -0.2) is 13.4 Å². The summed E-state index contributed by atoms with van der Waals surface area (Å²) in [4.78, 5) is 4.92. The third-order valence-electron chi connectivity index (χ3n) is 2.31. The lowest BCUT2D eigenvalue weighted by Crippen LogP contribution is -2.03. The second-order valence-corrected chi connectivity index (χ2v) is 6.80. The van der Waals surface area contributed by atoms with Crippen LogP contribution in [0.1, 0.15) is 22.2 Å². The Morgan fingerprint density at radius 2 is 2.43 bits per heavy atom. The number of rotatable bonds is 2. The van der Waals surface area contributed by atoms with Crippen molar-refractivity contribution in [2.45, 2.75) is 18.9 Å². The molecule has 78 valence electrons. The van der Waals surface area contributed by atoms with Gasteiger partial charge in [0.05, 0.1) is 28.0 Å². The van der Waals surface area contributed by atoms with Gasteiger partial charge < -0.3 is 5.11 Å². The minimum atomic E-state index is -2.84. The van der Waals surface area contributed by atoms with Crippen molar-refractivity contribution < 1.29 is 13.5 Å². The van der Waals surface area contributed by atoms with E-state index in [1.807, 2.05) is 0 Å². The lowest BCUT2D eigenvalue weighted by molar-refractivity contribution is 0.285. The van der Waals surface area contributed by atoms with Crippen LogP contribution in [0.25, 0.3) is 0 Å². The summed E-state index contributed by atoms with van der Waals surface area (Å²) in [6.07, 6.45) is 2.28. The van der Waals surface area contributed by atoms with Gasteiger partial charge >= 0.3 is 0 Å². The highest BCUT2D eigenvalue weighted by Crippen LogP contribution is 2.31. The molecule has 1 aromatic heterocycles. The topological polar surface area (TPSA) is 67.3 Å². The maximum atomic E-state index is 11.2. The van der Waals surface area contributed by atoms with Crippen LogP contribution in [0.15, 0.2) is 6.20 Å². The molecule has 0 radical (unpaired) electrons. The van der Waals surface area contributed by atoms with Crippen molar-refractivity contribution in [1.82, 2.24) is 4.98 Å². The Hall–Kier alpha value is -0.460. The van der Waals surface area contributed by atoms with Gasteiger partial charge in [-0.2, -0.15) is 0 Å². The Labute approximate surface area is 86.5 Å². The molecule has 4 nitrogen and oxygen atoms in total. The van der Waals surface area contributed by atoms with Gasteiger partial charge in [-0.15, -0.1) is 11.3 Å². The molecule has 0 amide bonds. The zero-order chi connectivity index (χ0) is 10.2. The van der Waals surface area contributed by atoms with E-state index in [9.17, 15) is 8.42 Å². The minimum Gasteiger partial charge on any atom is -0.391 e. The van der Waals surface area contributed by atoms with Gasteiger partial charge in [-0.1, -0.05) is 0 Å². The molecular weight excluding hydrogens is 222 g/mol. The quantitative estimate of drug-likeness (QED) is 0.809. The minimum absolute atomic E-state index is 0.0167. The monoisotopic (exact) mass is 233 g/mol. The average Bonchev–Trinajstić information content (AvgIpc) is 2.70. The lowest BCUT2D eigenvalue weighted by atomic mass is 10.1. The zero-order valence-electron chi connectivity index (χ0n) is 7.51. The van der Waals surface area contributed by atoms with Gasteiger partial charge in [0.2, 0.25) is 0 Å². The molecule has 1 aliphatic heterocycles. The van der Waals surface area contributed by atoms with E-state index >= 15 is 0 Å². The molecule has 1 unspecified atom stereocenters. The number of hydrogen-bond acceptors (Lipinski definition) is 5.